The van der Waals surface area contributed by atoms with Crippen LogP contribution in [0.3, 0.4) is 0 Å². The van der Waals surface area contributed by atoms with Crippen molar-refractivity contribution in [2.24, 2.45) is 5.11 Å². The van der Waals surface area contributed by atoms with Crippen molar-refractivity contribution in [2.45, 2.75) is 6.10 Å². The zero-order valence-corrected chi connectivity index (χ0v) is 7.68. The highest BCUT2D eigenvalue weighted by molar-refractivity contribution is 5.80. The first-order valence-electron chi connectivity index (χ1n) is 4.32. The van der Waals surface area contributed by atoms with E-state index in [1.54, 1.807) is 0 Å². The highest BCUT2D eigenvalue weighted by Gasteiger charge is 2.21. The minimum atomic E-state index is -0.533. The first-order valence-corrected chi connectivity index (χ1v) is 4.32. The molecular formula is C7H12N4O3. The lowest BCUT2D eigenvalue weighted by atomic mass is 10.3. The van der Waals surface area contributed by atoms with Crippen LogP contribution in [-0.2, 0) is 14.3 Å². The Kier molecular flexibility index (Phi) is 4.77. The van der Waals surface area contributed by atoms with Crippen LogP contribution in [-0.4, -0.2) is 44.9 Å². The second kappa shape index (κ2) is 6.20. The van der Waals surface area contributed by atoms with Crippen LogP contribution in [0.15, 0.2) is 5.11 Å². The predicted octanol–water partition coefficient (Wildman–Crippen LogP) is -0.172. The van der Waals surface area contributed by atoms with Crippen LogP contribution in [0, 0.1) is 0 Å². The smallest absolute Gasteiger partial charge is 0.251 e. The van der Waals surface area contributed by atoms with E-state index in [4.69, 9.17) is 15.0 Å². The van der Waals surface area contributed by atoms with Gasteiger partial charge in [-0.1, -0.05) is 5.11 Å². The molecule has 0 aromatic heterocycles. The first-order chi connectivity index (χ1) is 6.84. The van der Waals surface area contributed by atoms with Gasteiger partial charge in [0.15, 0.2) is 6.10 Å². The van der Waals surface area contributed by atoms with Crippen LogP contribution in [0.25, 0.3) is 10.4 Å². The van der Waals surface area contributed by atoms with Crippen LogP contribution in [0.4, 0.5) is 0 Å². The summed E-state index contributed by atoms with van der Waals surface area (Å²) in [5, 5.41) is 5.86. The second-order valence-corrected chi connectivity index (χ2v) is 2.68. The molecule has 1 fully saturated rings. The average molecular weight is 200 g/mol. The minimum Gasteiger partial charge on any atom is -0.376 e. The maximum atomic E-state index is 11.3. The van der Waals surface area contributed by atoms with Crippen molar-refractivity contribution in [2.75, 3.05) is 32.9 Å². The molecule has 0 aliphatic carbocycles. The van der Waals surface area contributed by atoms with Gasteiger partial charge >= 0.3 is 0 Å². The number of carbonyl (C=O) groups excluding carboxylic acids is 1. The Hall–Kier alpha value is -1.30. The summed E-state index contributed by atoms with van der Waals surface area (Å²) >= 11 is 0. The summed E-state index contributed by atoms with van der Waals surface area (Å²) in [5.41, 5.74) is 7.98. The number of azide groups is 1. The largest absolute Gasteiger partial charge is 0.376 e. The number of nitrogens with zero attached hydrogens (tertiary/aromatic N) is 3. The maximum absolute atomic E-state index is 11.3. The van der Waals surface area contributed by atoms with E-state index in [0.717, 1.165) is 0 Å². The van der Waals surface area contributed by atoms with Crippen molar-refractivity contribution in [3.8, 4) is 0 Å². The monoisotopic (exact) mass is 200 g/mol. The van der Waals surface area contributed by atoms with E-state index in [1.807, 2.05) is 0 Å². The third-order valence-corrected chi connectivity index (χ3v) is 1.68. The molecule has 1 N–H and O–H groups in total. The van der Waals surface area contributed by atoms with Gasteiger partial charge in [0.2, 0.25) is 0 Å². The summed E-state index contributed by atoms with van der Waals surface area (Å²) in [6.07, 6.45) is -0.533. The average Bonchev–Trinajstić information content (AvgIpc) is 2.25. The van der Waals surface area contributed by atoms with E-state index in [-0.39, 0.29) is 19.1 Å². The molecule has 1 atom stereocenters. The van der Waals surface area contributed by atoms with Gasteiger partial charge in [-0.15, -0.1) is 0 Å². The number of amides is 1. The van der Waals surface area contributed by atoms with Gasteiger partial charge in [0, 0.05) is 18.0 Å². The molecule has 1 unspecified atom stereocenters. The minimum absolute atomic E-state index is 0.224. The normalized spacial score (nSPS) is 21.0. The van der Waals surface area contributed by atoms with Gasteiger partial charge in [0.1, 0.15) is 0 Å². The highest BCUT2D eigenvalue weighted by Crippen LogP contribution is 1.99. The lowest BCUT2D eigenvalue weighted by molar-refractivity contribution is -0.147. The summed E-state index contributed by atoms with van der Waals surface area (Å²) in [4.78, 5) is 13.9. The number of carbonyl (C=O) groups is 1. The summed E-state index contributed by atoms with van der Waals surface area (Å²) in [6.45, 7) is 1.82. The third kappa shape index (κ3) is 3.61. The Morgan fingerprint density at radius 1 is 1.64 bits per heavy atom. The molecule has 0 aromatic rings. The van der Waals surface area contributed by atoms with Crippen molar-refractivity contribution in [1.29, 1.82) is 0 Å². The molecule has 1 amide bonds. The zero-order valence-electron chi connectivity index (χ0n) is 7.68. The van der Waals surface area contributed by atoms with E-state index in [1.165, 1.54) is 0 Å². The van der Waals surface area contributed by atoms with Gasteiger partial charge in [0.05, 0.1) is 19.8 Å². The summed E-state index contributed by atoms with van der Waals surface area (Å²) < 4.78 is 10.2. The second-order valence-electron chi connectivity index (χ2n) is 2.68. The van der Waals surface area contributed by atoms with Crippen LogP contribution in [0.1, 0.15) is 0 Å². The highest BCUT2D eigenvalue weighted by atomic mass is 16.6. The molecule has 1 rings (SSSR count). The fourth-order valence-electron chi connectivity index (χ4n) is 1.03. The Balaban J connectivity index is 2.16. The van der Waals surface area contributed by atoms with Gasteiger partial charge in [-0.25, -0.2) is 0 Å². The molecule has 1 saturated heterocycles. The molecule has 1 aliphatic heterocycles. The Morgan fingerprint density at radius 2 is 2.50 bits per heavy atom. The summed E-state index contributed by atoms with van der Waals surface area (Å²) in [6, 6.07) is 0. The molecule has 14 heavy (non-hydrogen) atoms. The Bertz CT molecular complexity index is 233. The van der Waals surface area contributed by atoms with Gasteiger partial charge < -0.3 is 14.8 Å². The summed E-state index contributed by atoms with van der Waals surface area (Å²) in [7, 11) is 0. The lowest BCUT2D eigenvalue weighted by Gasteiger charge is -2.21. The molecule has 78 valence electrons. The molecule has 1 heterocycles. The topological polar surface area (TPSA) is 96.3 Å². The number of rotatable bonds is 4. The fourth-order valence-corrected chi connectivity index (χ4v) is 1.03. The lowest BCUT2D eigenvalue weighted by Crippen LogP contribution is -2.43. The quantitative estimate of drug-likeness (QED) is 0.295. The number of hydrogen-bond acceptors (Lipinski definition) is 4. The number of hydrogen-bond donors (Lipinski definition) is 1. The molecule has 0 saturated carbocycles. The standard InChI is InChI=1S/C7H12N4O3/c8-11-10-2-1-9-7(12)6-5-13-3-4-14-6/h6H,1-5H2,(H,9,12). The number of ether oxygens (including phenoxy) is 2. The summed E-state index contributed by atoms with van der Waals surface area (Å²) in [5.74, 6) is -0.224. The molecule has 0 bridgehead atoms. The predicted molar refractivity (Wildman–Crippen MR) is 47.6 cm³/mol. The third-order valence-electron chi connectivity index (χ3n) is 1.68. The van der Waals surface area contributed by atoms with E-state index in [0.29, 0.717) is 19.8 Å². The van der Waals surface area contributed by atoms with Gasteiger partial charge in [0.25, 0.3) is 5.91 Å². The Labute approximate surface area is 81.0 Å². The molecule has 7 heteroatoms. The molecule has 0 spiro atoms. The van der Waals surface area contributed by atoms with Crippen LogP contribution < -0.4 is 5.32 Å². The molecule has 0 radical (unpaired) electrons. The SMILES string of the molecule is [N-]=[N+]=NCCNC(=O)C1COCCO1. The van der Waals surface area contributed by atoms with Crippen LogP contribution in [0.2, 0.25) is 0 Å². The Morgan fingerprint density at radius 3 is 3.14 bits per heavy atom. The number of nitrogens with one attached hydrogen (secondary N) is 1. The van der Waals surface area contributed by atoms with Crippen molar-refractivity contribution < 1.29 is 14.3 Å². The van der Waals surface area contributed by atoms with E-state index < -0.39 is 6.10 Å². The molecule has 0 aromatic carbocycles. The van der Waals surface area contributed by atoms with Crippen molar-refractivity contribution in [3.63, 3.8) is 0 Å². The van der Waals surface area contributed by atoms with E-state index in [9.17, 15) is 4.79 Å². The maximum Gasteiger partial charge on any atom is 0.251 e. The molecule has 7 nitrogen and oxygen atoms in total. The van der Waals surface area contributed by atoms with Gasteiger partial charge in [-0.2, -0.15) is 0 Å². The first kappa shape index (κ1) is 10.8. The zero-order chi connectivity index (χ0) is 10.2. The van der Waals surface area contributed by atoms with Crippen molar-refractivity contribution in [3.05, 3.63) is 10.4 Å². The van der Waals surface area contributed by atoms with E-state index >= 15 is 0 Å². The molecular weight excluding hydrogens is 188 g/mol. The van der Waals surface area contributed by atoms with Crippen LogP contribution >= 0.6 is 0 Å². The molecule has 1 aliphatic rings. The van der Waals surface area contributed by atoms with Gasteiger partial charge in [-0.3, -0.25) is 4.79 Å². The van der Waals surface area contributed by atoms with Crippen LogP contribution in [0.5, 0.6) is 0 Å². The van der Waals surface area contributed by atoms with E-state index in [2.05, 4.69) is 15.3 Å². The van der Waals surface area contributed by atoms with Crippen molar-refractivity contribution >= 4 is 5.91 Å². The van der Waals surface area contributed by atoms with Gasteiger partial charge in [-0.05, 0) is 5.53 Å². The van der Waals surface area contributed by atoms with Crippen molar-refractivity contribution in [1.82, 2.24) is 5.32 Å². The fraction of sp³-hybridized carbons (Fsp3) is 0.857.